The smallest absolute Gasteiger partial charge is 0.0514 e. The SMILES string of the molecule is NCCCCOCCc1cccs1. The van der Waals surface area contributed by atoms with Crippen LogP contribution < -0.4 is 5.73 Å². The molecule has 2 nitrogen and oxygen atoms in total. The lowest BCUT2D eigenvalue weighted by Gasteiger charge is -2.01. The van der Waals surface area contributed by atoms with Crippen molar-refractivity contribution in [2.24, 2.45) is 5.73 Å². The summed E-state index contributed by atoms with van der Waals surface area (Å²) in [6, 6.07) is 4.22. The van der Waals surface area contributed by atoms with Crippen molar-refractivity contribution in [2.45, 2.75) is 19.3 Å². The third-order valence-electron chi connectivity index (χ3n) is 1.82. The maximum Gasteiger partial charge on any atom is 0.0514 e. The molecule has 0 aliphatic heterocycles. The lowest BCUT2D eigenvalue weighted by molar-refractivity contribution is 0.134. The lowest BCUT2D eigenvalue weighted by atomic mass is 10.3. The van der Waals surface area contributed by atoms with E-state index in [2.05, 4.69) is 17.5 Å². The first kappa shape index (κ1) is 10.7. The summed E-state index contributed by atoms with van der Waals surface area (Å²) in [7, 11) is 0. The predicted octanol–water partition coefficient (Wildman–Crippen LogP) is 2.05. The second-order valence-corrected chi connectivity index (χ2v) is 3.97. The zero-order valence-electron chi connectivity index (χ0n) is 7.87. The number of thiophene rings is 1. The molecule has 0 amide bonds. The number of unbranched alkanes of at least 4 members (excludes halogenated alkanes) is 1. The minimum absolute atomic E-state index is 0.772. The van der Waals surface area contributed by atoms with Crippen LogP contribution in [-0.4, -0.2) is 19.8 Å². The monoisotopic (exact) mass is 199 g/mol. The Balaban J connectivity index is 1.90. The summed E-state index contributed by atoms with van der Waals surface area (Å²) in [6.45, 7) is 2.46. The number of nitrogens with two attached hydrogens (primary N) is 1. The van der Waals surface area contributed by atoms with Crippen LogP contribution in [0.15, 0.2) is 17.5 Å². The molecule has 0 unspecified atom stereocenters. The first-order valence-electron chi connectivity index (χ1n) is 4.73. The second kappa shape index (κ2) is 7.06. The quantitative estimate of drug-likeness (QED) is 0.682. The normalized spacial score (nSPS) is 10.5. The van der Waals surface area contributed by atoms with Gasteiger partial charge in [0.1, 0.15) is 0 Å². The minimum Gasteiger partial charge on any atom is -0.381 e. The van der Waals surface area contributed by atoms with E-state index in [1.54, 1.807) is 11.3 Å². The molecule has 0 aliphatic carbocycles. The maximum absolute atomic E-state index is 5.46. The van der Waals surface area contributed by atoms with Crippen molar-refractivity contribution in [3.05, 3.63) is 22.4 Å². The summed E-state index contributed by atoms with van der Waals surface area (Å²) < 4.78 is 5.46. The fourth-order valence-electron chi connectivity index (χ4n) is 1.08. The highest BCUT2D eigenvalue weighted by atomic mass is 32.1. The minimum atomic E-state index is 0.772. The van der Waals surface area contributed by atoms with Crippen LogP contribution in [0.4, 0.5) is 0 Å². The zero-order chi connectivity index (χ0) is 9.36. The van der Waals surface area contributed by atoms with Gasteiger partial charge in [0.2, 0.25) is 0 Å². The Labute approximate surface area is 83.7 Å². The van der Waals surface area contributed by atoms with E-state index in [9.17, 15) is 0 Å². The van der Waals surface area contributed by atoms with E-state index >= 15 is 0 Å². The van der Waals surface area contributed by atoms with Gasteiger partial charge >= 0.3 is 0 Å². The Hall–Kier alpha value is -0.380. The van der Waals surface area contributed by atoms with Crippen LogP contribution in [0.25, 0.3) is 0 Å². The summed E-state index contributed by atoms with van der Waals surface area (Å²) in [4.78, 5) is 1.40. The van der Waals surface area contributed by atoms with E-state index in [0.29, 0.717) is 0 Å². The van der Waals surface area contributed by atoms with Crippen molar-refractivity contribution in [3.63, 3.8) is 0 Å². The Morgan fingerprint density at radius 2 is 2.23 bits per heavy atom. The molecule has 0 fully saturated rings. The summed E-state index contributed by atoms with van der Waals surface area (Å²) in [5, 5.41) is 2.10. The van der Waals surface area contributed by atoms with Gasteiger partial charge in [-0.25, -0.2) is 0 Å². The molecule has 0 spiro atoms. The number of hydrogen-bond acceptors (Lipinski definition) is 3. The van der Waals surface area contributed by atoms with E-state index in [0.717, 1.165) is 39.0 Å². The Bertz CT molecular complexity index is 199. The second-order valence-electron chi connectivity index (χ2n) is 2.94. The molecule has 1 aromatic heterocycles. The van der Waals surface area contributed by atoms with Gasteiger partial charge in [-0.15, -0.1) is 11.3 Å². The molecule has 1 heterocycles. The van der Waals surface area contributed by atoms with Crippen LogP contribution >= 0.6 is 11.3 Å². The predicted molar refractivity (Wildman–Crippen MR) is 57.1 cm³/mol. The number of rotatable bonds is 7. The molecular weight excluding hydrogens is 182 g/mol. The first-order chi connectivity index (χ1) is 6.43. The average molecular weight is 199 g/mol. The van der Waals surface area contributed by atoms with Gasteiger partial charge in [-0.2, -0.15) is 0 Å². The van der Waals surface area contributed by atoms with Crippen molar-refractivity contribution in [1.29, 1.82) is 0 Å². The molecule has 1 rings (SSSR count). The summed E-state index contributed by atoms with van der Waals surface area (Å²) in [5.41, 5.74) is 5.37. The van der Waals surface area contributed by atoms with Crippen molar-refractivity contribution < 1.29 is 4.74 Å². The molecule has 0 aliphatic rings. The summed E-state index contributed by atoms with van der Waals surface area (Å²) >= 11 is 1.79. The molecule has 74 valence electrons. The van der Waals surface area contributed by atoms with E-state index in [1.807, 2.05) is 0 Å². The van der Waals surface area contributed by atoms with E-state index in [4.69, 9.17) is 10.5 Å². The van der Waals surface area contributed by atoms with Gasteiger partial charge < -0.3 is 10.5 Å². The number of hydrogen-bond donors (Lipinski definition) is 1. The highest BCUT2D eigenvalue weighted by Gasteiger charge is 1.93. The van der Waals surface area contributed by atoms with Gasteiger partial charge in [-0.1, -0.05) is 6.07 Å². The highest BCUT2D eigenvalue weighted by molar-refractivity contribution is 7.09. The topological polar surface area (TPSA) is 35.2 Å². The molecule has 2 N–H and O–H groups in total. The van der Waals surface area contributed by atoms with Gasteiger partial charge in [0.05, 0.1) is 6.61 Å². The molecule has 1 aromatic rings. The van der Waals surface area contributed by atoms with Crippen LogP contribution in [0, 0.1) is 0 Å². The molecular formula is C10H17NOS. The Morgan fingerprint density at radius 1 is 1.31 bits per heavy atom. The van der Waals surface area contributed by atoms with E-state index in [1.165, 1.54) is 4.88 Å². The fourth-order valence-corrected chi connectivity index (χ4v) is 1.77. The fraction of sp³-hybridized carbons (Fsp3) is 0.600. The zero-order valence-corrected chi connectivity index (χ0v) is 8.69. The van der Waals surface area contributed by atoms with E-state index < -0.39 is 0 Å². The van der Waals surface area contributed by atoms with Crippen molar-refractivity contribution >= 4 is 11.3 Å². The summed E-state index contributed by atoms with van der Waals surface area (Å²) in [6.07, 6.45) is 3.19. The molecule has 13 heavy (non-hydrogen) atoms. The van der Waals surface area contributed by atoms with Gasteiger partial charge in [0.25, 0.3) is 0 Å². The molecule has 3 heteroatoms. The standard InChI is InChI=1S/C10H17NOS/c11-6-1-2-7-12-8-5-10-4-3-9-13-10/h3-4,9H,1-2,5-8,11H2. The van der Waals surface area contributed by atoms with Crippen LogP contribution in [0.5, 0.6) is 0 Å². The highest BCUT2D eigenvalue weighted by Crippen LogP contribution is 2.08. The van der Waals surface area contributed by atoms with Gasteiger partial charge in [0, 0.05) is 17.9 Å². The van der Waals surface area contributed by atoms with Gasteiger partial charge in [0.15, 0.2) is 0 Å². The van der Waals surface area contributed by atoms with Crippen LogP contribution in [0.2, 0.25) is 0 Å². The lowest BCUT2D eigenvalue weighted by Crippen LogP contribution is -2.03. The van der Waals surface area contributed by atoms with Gasteiger partial charge in [-0.05, 0) is 30.8 Å². The van der Waals surface area contributed by atoms with Crippen molar-refractivity contribution in [2.75, 3.05) is 19.8 Å². The Morgan fingerprint density at radius 3 is 2.92 bits per heavy atom. The summed E-state index contributed by atoms with van der Waals surface area (Å²) in [5.74, 6) is 0. The average Bonchev–Trinajstić information content (AvgIpc) is 2.63. The molecule has 0 saturated carbocycles. The first-order valence-corrected chi connectivity index (χ1v) is 5.61. The Kier molecular flexibility index (Phi) is 5.81. The third kappa shape index (κ3) is 5.03. The van der Waals surface area contributed by atoms with Crippen molar-refractivity contribution in [1.82, 2.24) is 0 Å². The third-order valence-corrected chi connectivity index (χ3v) is 2.75. The molecule has 0 bridgehead atoms. The molecule has 0 saturated heterocycles. The van der Waals surface area contributed by atoms with Crippen molar-refractivity contribution in [3.8, 4) is 0 Å². The maximum atomic E-state index is 5.46. The van der Waals surface area contributed by atoms with Crippen LogP contribution in [0.1, 0.15) is 17.7 Å². The molecule has 0 aromatic carbocycles. The van der Waals surface area contributed by atoms with E-state index in [-0.39, 0.29) is 0 Å². The largest absolute Gasteiger partial charge is 0.381 e. The molecule has 0 atom stereocenters. The van der Waals surface area contributed by atoms with Crippen LogP contribution in [0.3, 0.4) is 0 Å². The van der Waals surface area contributed by atoms with Crippen LogP contribution in [-0.2, 0) is 11.2 Å². The molecule has 0 radical (unpaired) electrons. The van der Waals surface area contributed by atoms with Gasteiger partial charge in [-0.3, -0.25) is 0 Å². The number of ether oxygens (including phenoxy) is 1.